The Bertz CT molecular complexity index is 502. The van der Waals surface area contributed by atoms with Gasteiger partial charge in [0.15, 0.2) is 6.10 Å². The van der Waals surface area contributed by atoms with E-state index in [1.54, 1.807) is 21.0 Å². The van der Waals surface area contributed by atoms with Crippen LogP contribution in [0.15, 0.2) is 18.2 Å². The number of benzene rings is 1. The molecule has 2 unspecified atom stereocenters. The van der Waals surface area contributed by atoms with Crippen LogP contribution < -0.4 is 14.8 Å². The molecule has 1 heterocycles. The molecule has 0 saturated heterocycles. The summed E-state index contributed by atoms with van der Waals surface area (Å²) in [6, 6.07) is 6.02. The van der Waals surface area contributed by atoms with E-state index in [-0.39, 0.29) is 11.9 Å². The van der Waals surface area contributed by atoms with Gasteiger partial charge in [0, 0.05) is 25.7 Å². The van der Waals surface area contributed by atoms with Gasteiger partial charge in [-0.3, -0.25) is 4.79 Å². The Morgan fingerprint density at radius 1 is 1.52 bits per heavy atom. The molecule has 0 spiro atoms. The minimum Gasteiger partial charge on any atom is -0.491 e. The predicted molar refractivity (Wildman–Crippen MR) is 81.8 cm³/mol. The molecule has 1 aliphatic rings. The van der Waals surface area contributed by atoms with Crippen LogP contribution in [-0.2, 0) is 4.79 Å². The fraction of sp³-hybridized carbons (Fsp3) is 0.562. The lowest BCUT2D eigenvalue weighted by Crippen LogP contribution is -2.35. The number of nitrogens with zero attached hydrogens (tertiary/aromatic N) is 1. The number of rotatable bonds is 6. The normalized spacial score (nSPS) is 17.8. The van der Waals surface area contributed by atoms with Crippen LogP contribution in [0.1, 0.15) is 31.9 Å². The Labute approximate surface area is 126 Å². The number of nitrogens with one attached hydrogen (secondary N) is 1. The molecule has 2 atom stereocenters. The quantitative estimate of drug-likeness (QED) is 0.871. The summed E-state index contributed by atoms with van der Waals surface area (Å²) in [6.07, 6.45) is 0.588. The molecule has 21 heavy (non-hydrogen) atoms. The highest BCUT2D eigenvalue weighted by atomic mass is 16.5. The summed E-state index contributed by atoms with van der Waals surface area (Å²) in [5.41, 5.74) is 1.15. The van der Waals surface area contributed by atoms with Crippen molar-refractivity contribution in [2.24, 2.45) is 0 Å². The van der Waals surface area contributed by atoms with E-state index in [1.165, 1.54) is 4.90 Å². The van der Waals surface area contributed by atoms with Crippen LogP contribution in [-0.4, -0.2) is 44.2 Å². The van der Waals surface area contributed by atoms with Crippen LogP contribution >= 0.6 is 0 Å². The van der Waals surface area contributed by atoms with E-state index >= 15 is 0 Å². The molecule has 0 aliphatic carbocycles. The molecule has 0 fully saturated rings. The van der Waals surface area contributed by atoms with Gasteiger partial charge in [-0.2, -0.15) is 0 Å². The second-order valence-corrected chi connectivity index (χ2v) is 5.51. The van der Waals surface area contributed by atoms with Crippen molar-refractivity contribution in [2.75, 3.05) is 27.2 Å². The minimum absolute atomic E-state index is 0.0566. The summed E-state index contributed by atoms with van der Waals surface area (Å²) in [6.45, 7) is 5.51. The second-order valence-electron chi connectivity index (χ2n) is 5.51. The van der Waals surface area contributed by atoms with Crippen molar-refractivity contribution < 1.29 is 14.3 Å². The molecule has 2 rings (SSSR count). The maximum atomic E-state index is 11.8. The molecular weight excluding hydrogens is 268 g/mol. The third-order valence-corrected chi connectivity index (χ3v) is 3.51. The SMILES string of the molecule is CCCNC1COc2cc(OC(C)C(=O)N(C)C)ccc21. The van der Waals surface area contributed by atoms with Crippen LogP contribution in [0.25, 0.3) is 0 Å². The highest BCUT2D eigenvalue weighted by molar-refractivity contribution is 5.80. The highest BCUT2D eigenvalue weighted by Gasteiger charge is 2.24. The number of amides is 1. The largest absolute Gasteiger partial charge is 0.491 e. The Kier molecular flexibility index (Phi) is 5.07. The van der Waals surface area contributed by atoms with Crippen molar-refractivity contribution in [1.29, 1.82) is 0 Å². The van der Waals surface area contributed by atoms with E-state index in [0.29, 0.717) is 12.4 Å². The van der Waals surface area contributed by atoms with Crippen molar-refractivity contribution in [3.63, 3.8) is 0 Å². The molecule has 5 nitrogen and oxygen atoms in total. The van der Waals surface area contributed by atoms with E-state index < -0.39 is 6.10 Å². The molecule has 1 aromatic carbocycles. The fourth-order valence-electron chi connectivity index (χ4n) is 2.37. The van der Waals surface area contributed by atoms with Gasteiger partial charge >= 0.3 is 0 Å². The number of hydrogen-bond acceptors (Lipinski definition) is 4. The topological polar surface area (TPSA) is 50.8 Å². The van der Waals surface area contributed by atoms with Gasteiger partial charge in [0.05, 0.1) is 6.04 Å². The van der Waals surface area contributed by atoms with Crippen LogP contribution in [0.4, 0.5) is 0 Å². The summed E-state index contributed by atoms with van der Waals surface area (Å²) in [5, 5.41) is 3.45. The van der Waals surface area contributed by atoms with E-state index in [0.717, 1.165) is 24.3 Å². The van der Waals surface area contributed by atoms with Crippen molar-refractivity contribution in [3.05, 3.63) is 23.8 Å². The molecule has 0 radical (unpaired) electrons. The van der Waals surface area contributed by atoms with E-state index in [4.69, 9.17) is 9.47 Å². The average molecular weight is 292 g/mol. The van der Waals surface area contributed by atoms with Crippen LogP contribution in [0.3, 0.4) is 0 Å². The maximum absolute atomic E-state index is 11.8. The van der Waals surface area contributed by atoms with Gasteiger partial charge in [-0.15, -0.1) is 0 Å². The van der Waals surface area contributed by atoms with Gasteiger partial charge in [-0.1, -0.05) is 6.92 Å². The first-order chi connectivity index (χ1) is 10.0. The van der Waals surface area contributed by atoms with Gasteiger partial charge < -0.3 is 19.7 Å². The van der Waals surface area contributed by atoms with Crippen molar-refractivity contribution in [1.82, 2.24) is 10.2 Å². The molecule has 1 amide bonds. The number of likely N-dealkylation sites (N-methyl/N-ethyl adjacent to an activating group) is 1. The molecular formula is C16H24N2O3. The Hall–Kier alpha value is -1.75. The van der Waals surface area contributed by atoms with E-state index in [9.17, 15) is 4.79 Å². The molecule has 0 saturated carbocycles. The van der Waals surface area contributed by atoms with Crippen molar-refractivity contribution in [2.45, 2.75) is 32.4 Å². The van der Waals surface area contributed by atoms with Crippen molar-refractivity contribution in [3.8, 4) is 11.5 Å². The monoisotopic (exact) mass is 292 g/mol. The Balaban J connectivity index is 2.04. The number of hydrogen-bond donors (Lipinski definition) is 1. The van der Waals surface area contributed by atoms with Gasteiger partial charge in [-0.05, 0) is 32.0 Å². The first-order valence-electron chi connectivity index (χ1n) is 7.41. The molecule has 0 aromatic heterocycles. The summed E-state index contributed by atoms with van der Waals surface area (Å²) in [4.78, 5) is 13.3. The van der Waals surface area contributed by atoms with Crippen LogP contribution in [0.2, 0.25) is 0 Å². The number of fused-ring (bicyclic) bond motifs is 1. The smallest absolute Gasteiger partial charge is 0.262 e. The zero-order valence-corrected chi connectivity index (χ0v) is 13.2. The number of ether oxygens (including phenoxy) is 2. The molecule has 116 valence electrons. The number of carbonyl (C=O) groups excluding carboxylic acids is 1. The fourth-order valence-corrected chi connectivity index (χ4v) is 2.37. The highest BCUT2D eigenvalue weighted by Crippen LogP contribution is 2.35. The third-order valence-electron chi connectivity index (χ3n) is 3.51. The van der Waals surface area contributed by atoms with Gasteiger partial charge in [0.25, 0.3) is 5.91 Å². The zero-order valence-electron chi connectivity index (χ0n) is 13.2. The number of carbonyl (C=O) groups is 1. The van der Waals surface area contributed by atoms with E-state index in [1.807, 2.05) is 18.2 Å². The van der Waals surface area contributed by atoms with Gasteiger partial charge in [0.2, 0.25) is 0 Å². The van der Waals surface area contributed by atoms with Gasteiger partial charge in [-0.25, -0.2) is 0 Å². The average Bonchev–Trinajstić information content (AvgIpc) is 2.86. The lowest BCUT2D eigenvalue weighted by atomic mass is 10.1. The maximum Gasteiger partial charge on any atom is 0.262 e. The van der Waals surface area contributed by atoms with Crippen LogP contribution in [0, 0.1) is 0 Å². The van der Waals surface area contributed by atoms with Crippen LogP contribution in [0.5, 0.6) is 11.5 Å². The Morgan fingerprint density at radius 3 is 2.95 bits per heavy atom. The summed E-state index contributed by atoms with van der Waals surface area (Å²) < 4.78 is 11.4. The lowest BCUT2D eigenvalue weighted by Gasteiger charge is -2.18. The summed E-state index contributed by atoms with van der Waals surface area (Å²) in [7, 11) is 3.44. The van der Waals surface area contributed by atoms with E-state index in [2.05, 4.69) is 12.2 Å². The molecule has 1 aliphatic heterocycles. The lowest BCUT2D eigenvalue weighted by molar-refractivity contribution is -0.135. The standard InChI is InChI=1S/C16H24N2O3/c1-5-8-17-14-10-20-15-9-12(6-7-13(14)15)21-11(2)16(19)18(3)4/h6-7,9,11,14,17H,5,8,10H2,1-4H3. The Morgan fingerprint density at radius 2 is 2.29 bits per heavy atom. The molecule has 1 N–H and O–H groups in total. The first kappa shape index (κ1) is 15.6. The minimum atomic E-state index is -0.506. The molecule has 0 bridgehead atoms. The summed E-state index contributed by atoms with van der Waals surface area (Å²) in [5.74, 6) is 1.44. The molecule has 5 heteroatoms. The van der Waals surface area contributed by atoms with Gasteiger partial charge in [0.1, 0.15) is 18.1 Å². The van der Waals surface area contributed by atoms with Crippen molar-refractivity contribution >= 4 is 5.91 Å². The predicted octanol–water partition coefficient (Wildman–Crippen LogP) is 1.98. The molecule has 1 aromatic rings. The summed E-state index contributed by atoms with van der Waals surface area (Å²) >= 11 is 0. The first-order valence-corrected chi connectivity index (χ1v) is 7.41. The zero-order chi connectivity index (χ0) is 15.4. The third kappa shape index (κ3) is 3.67. The second kappa shape index (κ2) is 6.80.